The third-order valence-electron chi connectivity index (χ3n) is 3.75. The van der Waals surface area contributed by atoms with Crippen LogP contribution in [-0.4, -0.2) is 18.0 Å². The van der Waals surface area contributed by atoms with Gasteiger partial charge in [0.2, 0.25) is 0 Å². The molecular formula is C15H19F4N. The largest absolute Gasteiger partial charge is 0.416 e. The van der Waals surface area contributed by atoms with Crippen LogP contribution in [0.25, 0.3) is 0 Å². The number of piperidine rings is 1. The molecule has 1 nitrogen and oxygen atoms in total. The Labute approximate surface area is 116 Å². The van der Waals surface area contributed by atoms with Crippen LogP contribution in [0.2, 0.25) is 0 Å². The number of benzene rings is 1. The Morgan fingerprint density at radius 2 is 1.75 bits per heavy atom. The van der Waals surface area contributed by atoms with Crippen LogP contribution in [0.1, 0.15) is 31.4 Å². The van der Waals surface area contributed by atoms with Gasteiger partial charge in [-0.1, -0.05) is 19.9 Å². The predicted molar refractivity (Wildman–Crippen MR) is 69.6 cm³/mol. The first-order valence-corrected chi connectivity index (χ1v) is 6.84. The van der Waals surface area contributed by atoms with E-state index in [4.69, 9.17) is 0 Å². The van der Waals surface area contributed by atoms with E-state index >= 15 is 0 Å². The van der Waals surface area contributed by atoms with Crippen LogP contribution >= 0.6 is 0 Å². The predicted octanol–water partition coefficient (Wildman–Crippen LogP) is 4.32. The molecule has 0 spiro atoms. The van der Waals surface area contributed by atoms with Crippen molar-refractivity contribution in [2.24, 2.45) is 11.8 Å². The average molecular weight is 289 g/mol. The van der Waals surface area contributed by atoms with Crippen molar-refractivity contribution >= 4 is 0 Å². The molecule has 0 radical (unpaired) electrons. The maximum Gasteiger partial charge on any atom is 0.416 e. The molecule has 1 aromatic rings. The molecule has 5 heteroatoms. The quantitative estimate of drug-likeness (QED) is 0.733. The van der Waals surface area contributed by atoms with Gasteiger partial charge in [0.05, 0.1) is 5.56 Å². The fourth-order valence-electron chi connectivity index (χ4n) is 3.13. The van der Waals surface area contributed by atoms with Crippen LogP contribution < -0.4 is 0 Å². The minimum Gasteiger partial charge on any atom is -0.298 e. The minimum absolute atomic E-state index is 0.0240. The van der Waals surface area contributed by atoms with Crippen molar-refractivity contribution in [1.82, 2.24) is 4.90 Å². The zero-order valence-electron chi connectivity index (χ0n) is 11.7. The van der Waals surface area contributed by atoms with Gasteiger partial charge in [0.1, 0.15) is 5.82 Å². The Morgan fingerprint density at radius 3 is 2.30 bits per heavy atom. The third-order valence-corrected chi connectivity index (χ3v) is 3.75. The lowest BCUT2D eigenvalue weighted by Gasteiger charge is -2.35. The van der Waals surface area contributed by atoms with E-state index in [0.29, 0.717) is 11.8 Å². The molecule has 0 aliphatic carbocycles. The maximum atomic E-state index is 13.8. The summed E-state index contributed by atoms with van der Waals surface area (Å²) >= 11 is 0. The van der Waals surface area contributed by atoms with E-state index in [0.717, 1.165) is 37.7 Å². The highest BCUT2D eigenvalue weighted by Gasteiger charge is 2.35. The molecule has 112 valence electrons. The Balaban J connectivity index is 2.24. The topological polar surface area (TPSA) is 3.24 Å². The summed E-state index contributed by atoms with van der Waals surface area (Å²) < 4.78 is 52.7. The zero-order valence-corrected chi connectivity index (χ0v) is 11.7. The molecule has 0 bridgehead atoms. The number of hydrogen-bond acceptors (Lipinski definition) is 1. The Hall–Kier alpha value is -1.10. The molecule has 0 N–H and O–H groups in total. The van der Waals surface area contributed by atoms with E-state index < -0.39 is 17.6 Å². The molecule has 2 rings (SSSR count). The van der Waals surface area contributed by atoms with Crippen molar-refractivity contribution in [1.29, 1.82) is 0 Å². The van der Waals surface area contributed by atoms with E-state index in [1.165, 1.54) is 0 Å². The van der Waals surface area contributed by atoms with E-state index in [-0.39, 0.29) is 12.1 Å². The lowest BCUT2D eigenvalue weighted by Crippen LogP contribution is -2.38. The first-order valence-electron chi connectivity index (χ1n) is 6.84. The van der Waals surface area contributed by atoms with Gasteiger partial charge in [0.15, 0.2) is 0 Å². The Bertz CT molecular complexity index is 459. The third kappa shape index (κ3) is 3.51. The van der Waals surface area contributed by atoms with Crippen molar-refractivity contribution in [3.63, 3.8) is 0 Å². The molecule has 1 aliphatic rings. The minimum atomic E-state index is -4.51. The van der Waals surface area contributed by atoms with Crippen LogP contribution in [0.3, 0.4) is 0 Å². The van der Waals surface area contributed by atoms with E-state index in [9.17, 15) is 17.6 Å². The number of nitrogens with zero attached hydrogens (tertiary/aromatic N) is 1. The van der Waals surface area contributed by atoms with Gasteiger partial charge in [-0.15, -0.1) is 0 Å². The highest BCUT2D eigenvalue weighted by molar-refractivity contribution is 5.31. The van der Waals surface area contributed by atoms with Crippen molar-refractivity contribution in [2.75, 3.05) is 13.1 Å². The lowest BCUT2D eigenvalue weighted by molar-refractivity contribution is -0.138. The molecule has 0 amide bonds. The van der Waals surface area contributed by atoms with Gasteiger partial charge in [-0.05, 0) is 30.4 Å². The molecule has 2 unspecified atom stereocenters. The van der Waals surface area contributed by atoms with Crippen molar-refractivity contribution in [3.8, 4) is 0 Å². The number of rotatable bonds is 2. The lowest BCUT2D eigenvalue weighted by atomic mass is 9.91. The second kappa shape index (κ2) is 5.72. The summed E-state index contributed by atoms with van der Waals surface area (Å²) in [5.74, 6) is 0.0884. The van der Waals surface area contributed by atoms with E-state index in [1.54, 1.807) is 0 Å². The number of hydrogen-bond donors (Lipinski definition) is 0. The summed E-state index contributed by atoms with van der Waals surface area (Å²) in [6.07, 6.45) is -3.44. The highest BCUT2D eigenvalue weighted by atomic mass is 19.4. The van der Waals surface area contributed by atoms with Gasteiger partial charge in [-0.25, -0.2) is 4.39 Å². The van der Waals surface area contributed by atoms with Crippen molar-refractivity contribution < 1.29 is 17.6 Å². The number of likely N-dealkylation sites (tertiary alicyclic amines) is 1. The van der Waals surface area contributed by atoms with Crippen LogP contribution in [0, 0.1) is 17.7 Å². The molecule has 1 heterocycles. The van der Waals surface area contributed by atoms with Crippen LogP contribution in [-0.2, 0) is 12.7 Å². The molecule has 1 aromatic carbocycles. The molecule has 1 fully saturated rings. The number of alkyl halides is 3. The molecule has 20 heavy (non-hydrogen) atoms. The summed E-state index contributed by atoms with van der Waals surface area (Å²) in [7, 11) is 0. The Morgan fingerprint density at radius 1 is 1.15 bits per heavy atom. The molecule has 1 saturated heterocycles. The molecular weight excluding hydrogens is 270 g/mol. The average Bonchev–Trinajstić information content (AvgIpc) is 2.29. The highest BCUT2D eigenvalue weighted by Crippen LogP contribution is 2.34. The fourth-order valence-corrected chi connectivity index (χ4v) is 3.13. The van der Waals surface area contributed by atoms with Gasteiger partial charge in [-0.3, -0.25) is 4.90 Å². The van der Waals surface area contributed by atoms with E-state index in [1.807, 2.05) is 4.90 Å². The first kappa shape index (κ1) is 15.3. The maximum absolute atomic E-state index is 13.8. The van der Waals surface area contributed by atoms with E-state index in [2.05, 4.69) is 13.8 Å². The molecule has 0 aromatic heterocycles. The summed E-state index contributed by atoms with van der Waals surface area (Å²) in [6.45, 7) is 5.62. The second-order valence-electron chi connectivity index (χ2n) is 5.90. The van der Waals surface area contributed by atoms with Gasteiger partial charge in [0.25, 0.3) is 0 Å². The summed E-state index contributed by atoms with van der Waals surface area (Å²) in [5, 5.41) is 0. The molecule has 0 saturated carbocycles. The van der Waals surface area contributed by atoms with Crippen LogP contribution in [0.15, 0.2) is 18.2 Å². The fraction of sp³-hybridized carbons (Fsp3) is 0.600. The van der Waals surface area contributed by atoms with Gasteiger partial charge in [0, 0.05) is 25.2 Å². The van der Waals surface area contributed by atoms with Crippen molar-refractivity contribution in [3.05, 3.63) is 35.1 Å². The molecule has 2 atom stereocenters. The smallest absolute Gasteiger partial charge is 0.298 e. The summed E-state index contributed by atoms with van der Waals surface area (Å²) in [5.41, 5.74) is -1.09. The van der Waals surface area contributed by atoms with Crippen LogP contribution in [0.4, 0.5) is 17.6 Å². The van der Waals surface area contributed by atoms with Gasteiger partial charge >= 0.3 is 6.18 Å². The Kier molecular flexibility index (Phi) is 4.37. The van der Waals surface area contributed by atoms with Gasteiger partial charge in [-0.2, -0.15) is 13.2 Å². The standard InChI is InChI=1S/C15H19F4N/c1-10-6-11(2)8-20(7-10)9-12-13(15(17,18)19)4-3-5-14(12)16/h3-5,10-11H,6-9H2,1-2H3. The molecule has 1 aliphatic heterocycles. The van der Waals surface area contributed by atoms with Crippen molar-refractivity contribution in [2.45, 2.75) is 33.0 Å². The monoisotopic (exact) mass is 289 g/mol. The first-order chi connectivity index (χ1) is 9.27. The SMILES string of the molecule is CC1CC(C)CN(Cc2c(F)cccc2C(F)(F)F)C1. The summed E-state index contributed by atoms with van der Waals surface area (Å²) in [6, 6.07) is 3.17. The van der Waals surface area contributed by atoms with Gasteiger partial charge < -0.3 is 0 Å². The summed E-state index contributed by atoms with van der Waals surface area (Å²) in [4.78, 5) is 1.92. The van der Waals surface area contributed by atoms with Crippen LogP contribution in [0.5, 0.6) is 0 Å². The second-order valence-corrected chi connectivity index (χ2v) is 5.90. The zero-order chi connectivity index (χ0) is 14.9. The normalized spacial score (nSPS) is 24.9. The number of halogens is 4.